The van der Waals surface area contributed by atoms with E-state index in [0.717, 1.165) is 12.6 Å². The lowest BCUT2D eigenvalue weighted by Crippen LogP contribution is -2.36. The molecule has 1 nitrogen and oxygen atoms in total. The highest BCUT2D eigenvalue weighted by Crippen LogP contribution is 2.49. The first-order valence-electron chi connectivity index (χ1n) is 9.46. The van der Waals surface area contributed by atoms with Gasteiger partial charge in [0.05, 0.1) is 0 Å². The van der Waals surface area contributed by atoms with Crippen molar-refractivity contribution in [2.75, 3.05) is 6.54 Å². The Balaban J connectivity index is 1.88. The predicted octanol–water partition coefficient (Wildman–Crippen LogP) is 6.08. The van der Waals surface area contributed by atoms with Crippen molar-refractivity contribution in [2.45, 2.75) is 110 Å². The largest absolute Gasteiger partial charge is 0.314 e. The Kier molecular flexibility index (Phi) is 9.59. The van der Waals surface area contributed by atoms with E-state index in [9.17, 15) is 0 Å². The molecule has 1 aliphatic rings. The SMILES string of the molecule is CCCCCCCCCCCCC(NCC)C1(C)CC1. The molecule has 1 rings (SSSR count). The molecule has 20 heavy (non-hydrogen) atoms. The van der Waals surface area contributed by atoms with Gasteiger partial charge < -0.3 is 5.32 Å². The van der Waals surface area contributed by atoms with Gasteiger partial charge in [-0.3, -0.25) is 0 Å². The van der Waals surface area contributed by atoms with Gasteiger partial charge in [-0.2, -0.15) is 0 Å². The van der Waals surface area contributed by atoms with Crippen LogP contribution in [0.15, 0.2) is 0 Å². The van der Waals surface area contributed by atoms with Crippen molar-refractivity contribution < 1.29 is 0 Å². The van der Waals surface area contributed by atoms with Crippen LogP contribution in [0.5, 0.6) is 0 Å². The first-order valence-corrected chi connectivity index (χ1v) is 9.46. The lowest BCUT2D eigenvalue weighted by Gasteiger charge is -2.24. The molecule has 1 atom stereocenters. The second-order valence-corrected chi connectivity index (χ2v) is 7.23. The molecule has 0 aliphatic heterocycles. The third-order valence-electron chi connectivity index (χ3n) is 5.18. The monoisotopic (exact) mass is 281 g/mol. The summed E-state index contributed by atoms with van der Waals surface area (Å²) in [5.41, 5.74) is 0.648. The van der Waals surface area contributed by atoms with E-state index in [1.54, 1.807) is 0 Å². The van der Waals surface area contributed by atoms with E-state index in [-0.39, 0.29) is 0 Å². The van der Waals surface area contributed by atoms with Crippen LogP contribution in [0.2, 0.25) is 0 Å². The smallest absolute Gasteiger partial charge is 0.0121 e. The van der Waals surface area contributed by atoms with Gasteiger partial charge >= 0.3 is 0 Å². The lowest BCUT2D eigenvalue weighted by molar-refractivity contribution is 0.332. The zero-order valence-electron chi connectivity index (χ0n) is 14.5. The normalized spacial score (nSPS) is 18.1. The summed E-state index contributed by atoms with van der Waals surface area (Å²) in [5, 5.41) is 3.72. The summed E-state index contributed by atoms with van der Waals surface area (Å²) < 4.78 is 0. The van der Waals surface area contributed by atoms with Crippen molar-refractivity contribution in [2.24, 2.45) is 5.41 Å². The molecule has 1 fully saturated rings. The zero-order chi connectivity index (χ0) is 14.7. The first kappa shape index (κ1) is 18.0. The fourth-order valence-corrected chi connectivity index (χ4v) is 3.32. The summed E-state index contributed by atoms with van der Waals surface area (Å²) >= 11 is 0. The van der Waals surface area contributed by atoms with Crippen molar-refractivity contribution >= 4 is 0 Å². The number of rotatable bonds is 14. The molecule has 120 valence electrons. The van der Waals surface area contributed by atoms with Crippen LogP contribution in [-0.2, 0) is 0 Å². The number of hydrogen-bond donors (Lipinski definition) is 1. The fourth-order valence-electron chi connectivity index (χ4n) is 3.32. The van der Waals surface area contributed by atoms with Gasteiger partial charge in [0.25, 0.3) is 0 Å². The first-order chi connectivity index (χ1) is 9.73. The molecule has 0 heterocycles. The minimum absolute atomic E-state index is 0.648. The van der Waals surface area contributed by atoms with Crippen LogP contribution >= 0.6 is 0 Å². The van der Waals surface area contributed by atoms with Crippen molar-refractivity contribution in [1.29, 1.82) is 0 Å². The summed E-state index contributed by atoms with van der Waals surface area (Å²) in [6.45, 7) is 8.15. The quantitative estimate of drug-likeness (QED) is 0.381. The standard InChI is InChI=1S/C19H39N/c1-4-6-7-8-9-10-11-12-13-14-15-18(20-5-2)19(3)16-17-19/h18,20H,4-17H2,1-3H3. The molecule has 0 amide bonds. The van der Waals surface area contributed by atoms with E-state index in [2.05, 4.69) is 26.1 Å². The van der Waals surface area contributed by atoms with Crippen molar-refractivity contribution in [3.05, 3.63) is 0 Å². The summed E-state index contributed by atoms with van der Waals surface area (Å²) in [4.78, 5) is 0. The van der Waals surface area contributed by atoms with E-state index in [1.807, 2.05) is 0 Å². The van der Waals surface area contributed by atoms with Crippen LogP contribution in [0, 0.1) is 5.41 Å². The van der Waals surface area contributed by atoms with Crippen LogP contribution in [-0.4, -0.2) is 12.6 Å². The van der Waals surface area contributed by atoms with Crippen LogP contribution < -0.4 is 5.32 Å². The molecule has 1 aliphatic carbocycles. The topological polar surface area (TPSA) is 12.0 Å². The Morgan fingerprint density at radius 1 is 0.800 bits per heavy atom. The van der Waals surface area contributed by atoms with Crippen LogP contribution in [0.3, 0.4) is 0 Å². The second kappa shape index (κ2) is 10.7. The molecule has 0 aromatic heterocycles. The highest BCUT2D eigenvalue weighted by atomic mass is 14.9. The molecule has 1 N–H and O–H groups in total. The molecule has 1 saturated carbocycles. The highest BCUT2D eigenvalue weighted by Gasteiger charge is 2.43. The molecule has 1 unspecified atom stereocenters. The van der Waals surface area contributed by atoms with Gasteiger partial charge in [-0.05, 0) is 31.2 Å². The highest BCUT2D eigenvalue weighted by molar-refractivity contribution is 4.98. The van der Waals surface area contributed by atoms with Gasteiger partial charge in [-0.1, -0.05) is 85.0 Å². The van der Waals surface area contributed by atoms with Crippen molar-refractivity contribution in [3.63, 3.8) is 0 Å². The predicted molar refractivity (Wildman–Crippen MR) is 91.3 cm³/mol. The van der Waals surface area contributed by atoms with Gasteiger partial charge in [-0.25, -0.2) is 0 Å². The fraction of sp³-hybridized carbons (Fsp3) is 1.00. The van der Waals surface area contributed by atoms with Gasteiger partial charge in [0.1, 0.15) is 0 Å². The van der Waals surface area contributed by atoms with Crippen LogP contribution in [0.25, 0.3) is 0 Å². The van der Waals surface area contributed by atoms with E-state index < -0.39 is 0 Å². The Bertz CT molecular complexity index is 220. The maximum Gasteiger partial charge on any atom is 0.0121 e. The number of hydrogen-bond acceptors (Lipinski definition) is 1. The zero-order valence-corrected chi connectivity index (χ0v) is 14.5. The molecule has 0 aromatic rings. The molecule has 0 spiro atoms. The molecule has 0 bridgehead atoms. The Morgan fingerprint density at radius 3 is 1.75 bits per heavy atom. The molecule has 1 heteroatoms. The Labute approximate surface area is 128 Å². The maximum absolute atomic E-state index is 3.72. The summed E-state index contributed by atoms with van der Waals surface area (Å²) in [7, 11) is 0. The Morgan fingerprint density at radius 2 is 1.30 bits per heavy atom. The molecule has 0 saturated heterocycles. The average Bonchev–Trinajstić information content (AvgIpc) is 3.19. The van der Waals surface area contributed by atoms with Crippen LogP contribution in [0.4, 0.5) is 0 Å². The summed E-state index contributed by atoms with van der Waals surface area (Å²) in [5.74, 6) is 0. The van der Waals surface area contributed by atoms with E-state index in [4.69, 9.17) is 0 Å². The summed E-state index contributed by atoms with van der Waals surface area (Å²) in [6.07, 6.45) is 18.8. The lowest BCUT2D eigenvalue weighted by atomic mass is 9.93. The van der Waals surface area contributed by atoms with E-state index >= 15 is 0 Å². The second-order valence-electron chi connectivity index (χ2n) is 7.23. The van der Waals surface area contributed by atoms with Gasteiger partial charge in [-0.15, -0.1) is 0 Å². The van der Waals surface area contributed by atoms with E-state index in [1.165, 1.54) is 83.5 Å². The van der Waals surface area contributed by atoms with Gasteiger partial charge in [0.2, 0.25) is 0 Å². The molecular formula is C19H39N. The molecule has 0 aromatic carbocycles. The third kappa shape index (κ3) is 7.67. The number of unbranched alkanes of at least 4 members (excludes halogenated alkanes) is 9. The Hall–Kier alpha value is -0.0400. The van der Waals surface area contributed by atoms with Gasteiger partial charge in [0, 0.05) is 6.04 Å². The average molecular weight is 282 g/mol. The van der Waals surface area contributed by atoms with Crippen molar-refractivity contribution in [3.8, 4) is 0 Å². The van der Waals surface area contributed by atoms with E-state index in [0.29, 0.717) is 5.41 Å². The minimum atomic E-state index is 0.648. The van der Waals surface area contributed by atoms with Crippen LogP contribution in [0.1, 0.15) is 104 Å². The molecular weight excluding hydrogens is 242 g/mol. The van der Waals surface area contributed by atoms with Gasteiger partial charge in [0.15, 0.2) is 0 Å². The minimum Gasteiger partial charge on any atom is -0.314 e. The summed E-state index contributed by atoms with van der Waals surface area (Å²) in [6, 6.07) is 0.793. The van der Waals surface area contributed by atoms with Crippen molar-refractivity contribution in [1.82, 2.24) is 5.32 Å². The maximum atomic E-state index is 3.72. The molecule has 0 radical (unpaired) electrons. The number of nitrogens with one attached hydrogen (secondary N) is 1. The third-order valence-corrected chi connectivity index (χ3v) is 5.18.